The Labute approximate surface area is 236 Å². The lowest BCUT2D eigenvalue weighted by molar-refractivity contribution is -0.119. The van der Waals surface area contributed by atoms with Crippen molar-refractivity contribution in [1.82, 2.24) is 9.47 Å². The van der Waals surface area contributed by atoms with E-state index in [1.807, 2.05) is 78.7 Å². The molecule has 206 valence electrons. The molecule has 0 saturated heterocycles. The van der Waals surface area contributed by atoms with Crippen LogP contribution in [0.1, 0.15) is 49.6 Å². The fraction of sp³-hybridized carbons (Fsp3) is 0.273. The molecule has 1 aliphatic heterocycles. The van der Waals surface area contributed by atoms with Crippen molar-refractivity contribution in [1.29, 1.82) is 0 Å². The summed E-state index contributed by atoms with van der Waals surface area (Å²) in [6.07, 6.45) is 3.73. The summed E-state index contributed by atoms with van der Waals surface area (Å²) in [5, 5.41) is 2.98. The van der Waals surface area contributed by atoms with Gasteiger partial charge in [0.25, 0.3) is 0 Å². The molecule has 2 heterocycles. The molecule has 1 N–H and O–H groups in total. The van der Waals surface area contributed by atoms with Crippen molar-refractivity contribution in [3.8, 4) is 11.4 Å². The molecule has 7 nitrogen and oxygen atoms in total. The molecule has 3 amide bonds. The first kappa shape index (κ1) is 27.1. The van der Waals surface area contributed by atoms with E-state index in [9.17, 15) is 9.59 Å². The van der Waals surface area contributed by atoms with Gasteiger partial charge in [0.05, 0.1) is 29.4 Å². The van der Waals surface area contributed by atoms with Crippen LogP contribution in [0.5, 0.6) is 5.75 Å². The number of carbonyl (C=O) groups is 2. The van der Waals surface area contributed by atoms with E-state index >= 15 is 0 Å². The Morgan fingerprint density at radius 3 is 2.48 bits per heavy atom. The maximum Gasteiger partial charge on any atom is 0.322 e. The van der Waals surface area contributed by atoms with Gasteiger partial charge in [-0.1, -0.05) is 67.4 Å². The van der Waals surface area contributed by atoms with Gasteiger partial charge >= 0.3 is 6.03 Å². The minimum Gasteiger partial charge on any atom is -0.492 e. The summed E-state index contributed by atoms with van der Waals surface area (Å²) in [4.78, 5) is 31.4. The minimum atomic E-state index is -0.327. The molecule has 1 aromatic heterocycles. The first-order chi connectivity index (χ1) is 19.5. The standard InChI is InChI=1S/C33H36N4O3/c1-4-6-20-35(33(39)34-26-15-7-10-19-30(26)40-5-2)23-31(38)37-28-17-9-8-16-27(28)36-21-12-18-29(36)32(37)25-14-11-13-24(3)22-25/h7-19,21-22,32H,4-6,20,23H2,1-3H3,(H,34,39). The van der Waals surface area contributed by atoms with E-state index in [4.69, 9.17) is 4.74 Å². The average Bonchev–Trinajstić information content (AvgIpc) is 3.45. The lowest BCUT2D eigenvalue weighted by Gasteiger charge is -2.39. The topological polar surface area (TPSA) is 66.8 Å². The highest BCUT2D eigenvalue weighted by molar-refractivity contribution is 6.01. The van der Waals surface area contributed by atoms with Crippen molar-refractivity contribution >= 4 is 23.3 Å². The molecule has 0 fully saturated rings. The van der Waals surface area contributed by atoms with Gasteiger partial charge in [0, 0.05) is 12.7 Å². The first-order valence-corrected chi connectivity index (χ1v) is 13.9. The third-order valence-corrected chi connectivity index (χ3v) is 7.17. The number of ether oxygens (including phenoxy) is 1. The first-order valence-electron chi connectivity index (χ1n) is 13.9. The zero-order valence-electron chi connectivity index (χ0n) is 23.3. The second kappa shape index (κ2) is 12.1. The molecule has 1 aliphatic rings. The molecule has 5 rings (SSSR count). The van der Waals surface area contributed by atoms with Gasteiger partial charge < -0.3 is 19.5 Å². The monoisotopic (exact) mass is 536 g/mol. The summed E-state index contributed by atoms with van der Waals surface area (Å²) in [7, 11) is 0. The van der Waals surface area contributed by atoms with Crippen LogP contribution in [0.4, 0.5) is 16.2 Å². The minimum absolute atomic E-state index is 0.0556. The van der Waals surface area contributed by atoms with E-state index in [2.05, 4.69) is 48.0 Å². The highest BCUT2D eigenvalue weighted by Crippen LogP contribution is 2.42. The number of anilines is 2. The molecule has 3 aromatic carbocycles. The van der Waals surface area contributed by atoms with E-state index in [1.165, 1.54) is 0 Å². The van der Waals surface area contributed by atoms with Crippen molar-refractivity contribution in [2.45, 2.75) is 39.7 Å². The Kier molecular flexibility index (Phi) is 8.20. The number of para-hydroxylation sites is 4. The third-order valence-electron chi connectivity index (χ3n) is 7.17. The average molecular weight is 537 g/mol. The van der Waals surface area contributed by atoms with Gasteiger partial charge in [0.2, 0.25) is 5.91 Å². The van der Waals surface area contributed by atoms with Crippen molar-refractivity contribution in [2.24, 2.45) is 0 Å². The number of rotatable bonds is 9. The Hall–Kier alpha value is -4.52. The number of amides is 3. The normalized spacial score (nSPS) is 13.8. The summed E-state index contributed by atoms with van der Waals surface area (Å²) in [6, 6.07) is 27.0. The molecule has 7 heteroatoms. The predicted octanol–water partition coefficient (Wildman–Crippen LogP) is 6.95. The molecule has 0 aliphatic carbocycles. The molecule has 0 spiro atoms. The second-order valence-corrected chi connectivity index (χ2v) is 10.0. The van der Waals surface area contributed by atoms with Gasteiger partial charge in [-0.05, 0) is 62.2 Å². The van der Waals surface area contributed by atoms with Crippen molar-refractivity contribution in [2.75, 3.05) is 29.9 Å². The van der Waals surface area contributed by atoms with E-state index < -0.39 is 0 Å². The fourth-order valence-corrected chi connectivity index (χ4v) is 5.30. The molecule has 4 aromatic rings. The van der Waals surface area contributed by atoms with Gasteiger partial charge in [0.15, 0.2) is 0 Å². The fourth-order valence-electron chi connectivity index (χ4n) is 5.30. The Balaban J connectivity index is 1.49. The molecule has 1 unspecified atom stereocenters. The Bertz CT molecular complexity index is 1490. The van der Waals surface area contributed by atoms with Crippen LogP contribution < -0.4 is 15.0 Å². The molecular formula is C33H36N4O3. The smallest absolute Gasteiger partial charge is 0.322 e. The summed E-state index contributed by atoms with van der Waals surface area (Å²) in [6.45, 7) is 6.93. The number of nitrogens with zero attached hydrogens (tertiary/aromatic N) is 3. The number of hydrogen-bond donors (Lipinski definition) is 1. The molecule has 40 heavy (non-hydrogen) atoms. The van der Waals surface area contributed by atoms with Gasteiger partial charge in [-0.25, -0.2) is 4.79 Å². The van der Waals surface area contributed by atoms with Crippen LogP contribution in [0.3, 0.4) is 0 Å². The maximum absolute atomic E-state index is 14.3. The van der Waals surface area contributed by atoms with Crippen LogP contribution in [-0.2, 0) is 4.79 Å². The van der Waals surface area contributed by atoms with E-state index in [0.717, 1.165) is 41.0 Å². The zero-order chi connectivity index (χ0) is 28.1. The zero-order valence-corrected chi connectivity index (χ0v) is 23.3. The molecular weight excluding hydrogens is 500 g/mol. The molecule has 0 saturated carbocycles. The molecule has 0 radical (unpaired) electrons. The highest BCUT2D eigenvalue weighted by Gasteiger charge is 2.37. The number of aromatic nitrogens is 1. The molecule has 0 bridgehead atoms. The van der Waals surface area contributed by atoms with Crippen molar-refractivity contribution in [3.63, 3.8) is 0 Å². The van der Waals surface area contributed by atoms with Gasteiger partial charge in [-0.2, -0.15) is 0 Å². The maximum atomic E-state index is 14.3. The van der Waals surface area contributed by atoms with Crippen LogP contribution in [0.25, 0.3) is 5.69 Å². The number of nitrogens with one attached hydrogen (secondary N) is 1. The quantitative estimate of drug-likeness (QED) is 0.252. The number of fused-ring (bicyclic) bond motifs is 3. The van der Waals surface area contributed by atoms with Gasteiger partial charge in [0.1, 0.15) is 18.3 Å². The summed E-state index contributed by atoms with van der Waals surface area (Å²) >= 11 is 0. The van der Waals surface area contributed by atoms with E-state index in [0.29, 0.717) is 24.6 Å². The van der Waals surface area contributed by atoms with Crippen molar-refractivity contribution in [3.05, 3.63) is 108 Å². The molecule has 1 atom stereocenters. The number of aryl methyl sites for hydroxylation is 1. The van der Waals surface area contributed by atoms with E-state index in [-0.39, 0.29) is 24.5 Å². The number of hydrogen-bond acceptors (Lipinski definition) is 3. The Morgan fingerprint density at radius 2 is 1.70 bits per heavy atom. The highest BCUT2D eigenvalue weighted by atomic mass is 16.5. The third kappa shape index (κ3) is 5.45. The van der Waals surface area contributed by atoms with Crippen LogP contribution >= 0.6 is 0 Å². The van der Waals surface area contributed by atoms with Crippen LogP contribution in [0.15, 0.2) is 91.1 Å². The van der Waals surface area contributed by atoms with Crippen LogP contribution in [0, 0.1) is 6.92 Å². The van der Waals surface area contributed by atoms with E-state index in [1.54, 1.807) is 4.90 Å². The second-order valence-electron chi connectivity index (χ2n) is 10.0. The number of carbonyl (C=O) groups excluding carboxylic acids is 2. The van der Waals surface area contributed by atoms with Crippen molar-refractivity contribution < 1.29 is 14.3 Å². The number of urea groups is 1. The van der Waals surface area contributed by atoms with Crippen LogP contribution in [-0.4, -0.2) is 41.1 Å². The summed E-state index contributed by atoms with van der Waals surface area (Å²) < 4.78 is 7.85. The Morgan fingerprint density at radius 1 is 0.925 bits per heavy atom. The summed E-state index contributed by atoms with van der Waals surface area (Å²) in [5.74, 6) is 0.459. The SMILES string of the molecule is CCCCN(CC(=O)N1c2ccccc2-n2cccc2C1c1cccc(C)c1)C(=O)Nc1ccccc1OCC. The number of unbranched alkanes of at least 4 members (excludes halogenated alkanes) is 1. The lowest BCUT2D eigenvalue weighted by atomic mass is 9.96. The van der Waals surface area contributed by atoms with Gasteiger partial charge in [-0.3, -0.25) is 9.69 Å². The van der Waals surface area contributed by atoms with Crippen LogP contribution in [0.2, 0.25) is 0 Å². The van der Waals surface area contributed by atoms with Gasteiger partial charge in [-0.15, -0.1) is 0 Å². The summed E-state index contributed by atoms with van der Waals surface area (Å²) in [5.41, 5.74) is 5.50. The predicted molar refractivity (Wildman–Crippen MR) is 159 cm³/mol. The lowest BCUT2D eigenvalue weighted by Crippen LogP contribution is -2.48. The number of benzene rings is 3. The largest absolute Gasteiger partial charge is 0.492 e.